The Bertz CT molecular complexity index is 1020. The van der Waals surface area contributed by atoms with Crippen molar-refractivity contribution < 1.29 is 23.5 Å². The number of carbonyl (C=O) groups is 2. The molecule has 2 heterocycles. The molecule has 1 aliphatic heterocycles. The fourth-order valence-electron chi connectivity index (χ4n) is 3.55. The lowest BCUT2D eigenvalue weighted by molar-refractivity contribution is -0.147. The van der Waals surface area contributed by atoms with Gasteiger partial charge in [-0.2, -0.15) is 0 Å². The Morgan fingerprint density at radius 3 is 2.89 bits per heavy atom. The molecule has 0 radical (unpaired) electrons. The van der Waals surface area contributed by atoms with Crippen molar-refractivity contribution in [3.63, 3.8) is 0 Å². The van der Waals surface area contributed by atoms with Crippen LogP contribution in [0.15, 0.2) is 53.1 Å². The zero-order valence-corrected chi connectivity index (χ0v) is 15.6. The highest BCUT2D eigenvalue weighted by molar-refractivity contribution is 5.96. The molecule has 28 heavy (non-hydrogen) atoms. The molecule has 6 nitrogen and oxygen atoms in total. The first-order chi connectivity index (χ1) is 13.7. The highest BCUT2D eigenvalue weighted by Crippen LogP contribution is 2.27. The number of fused-ring (bicyclic) bond motifs is 2. The molecule has 0 unspecified atom stereocenters. The SMILES string of the molecule is COc1ccc2c(CC(=O)OCC(=O)N3CCCc4ccccc43)coc2c1. The first kappa shape index (κ1) is 18.1. The summed E-state index contributed by atoms with van der Waals surface area (Å²) in [6.07, 6.45) is 3.44. The summed E-state index contributed by atoms with van der Waals surface area (Å²) in [5.74, 6) is 0.0165. The molecule has 0 bridgehead atoms. The van der Waals surface area contributed by atoms with Crippen molar-refractivity contribution in [2.45, 2.75) is 19.3 Å². The third-order valence-corrected chi connectivity index (χ3v) is 4.97. The van der Waals surface area contributed by atoms with Gasteiger partial charge in [0.15, 0.2) is 6.61 Å². The van der Waals surface area contributed by atoms with E-state index in [0.717, 1.165) is 35.0 Å². The minimum Gasteiger partial charge on any atom is -0.497 e. The van der Waals surface area contributed by atoms with Crippen molar-refractivity contribution in [3.8, 4) is 5.75 Å². The van der Waals surface area contributed by atoms with Gasteiger partial charge < -0.3 is 18.8 Å². The van der Waals surface area contributed by atoms with Gasteiger partial charge in [0.1, 0.15) is 11.3 Å². The molecule has 0 saturated carbocycles. The highest BCUT2D eigenvalue weighted by Gasteiger charge is 2.23. The van der Waals surface area contributed by atoms with Gasteiger partial charge in [-0.15, -0.1) is 0 Å². The summed E-state index contributed by atoms with van der Waals surface area (Å²) in [5.41, 5.74) is 3.42. The van der Waals surface area contributed by atoms with Gasteiger partial charge in [-0.1, -0.05) is 18.2 Å². The maximum absolute atomic E-state index is 12.6. The summed E-state index contributed by atoms with van der Waals surface area (Å²) in [6, 6.07) is 13.3. The first-order valence-electron chi connectivity index (χ1n) is 9.23. The first-order valence-corrected chi connectivity index (χ1v) is 9.23. The van der Waals surface area contributed by atoms with Crippen LogP contribution in [0.4, 0.5) is 5.69 Å². The molecule has 0 spiro atoms. The second-order valence-corrected chi connectivity index (χ2v) is 6.74. The number of methoxy groups -OCH3 is 1. The average molecular weight is 379 g/mol. The van der Waals surface area contributed by atoms with Crippen LogP contribution in [-0.2, 0) is 27.2 Å². The van der Waals surface area contributed by atoms with Crippen molar-refractivity contribution in [1.29, 1.82) is 0 Å². The van der Waals surface area contributed by atoms with Gasteiger partial charge >= 0.3 is 5.97 Å². The lowest BCUT2D eigenvalue weighted by Crippen LogP contribution is -2.38. The Morgan fingerprint density at radius 2 is 2.04 bits per heavy atom. The Labute approximate surface area is 162 Å². The summed E-state index contributed by atoms with van der Waals surface area (Å²) in [5, 5.41) is 0.828. The van der Waals surface area contributed by atoms with Crippen LogP contribution in [0.3, 0.4) is 0 Å². The van der Waals surface area contributed by atoms with E-state index < -0.39 is 5.97 Å². The minimum atomic E-state index is -0.461. The van der Waals surface area contributed by atoms with Crippen LogP contribution < -0.4 is 9.64 Å². The van der Waals surface area contributed by atoms with E-state index in [9.17, 15) is 9.59 Å². The molecule has 0 fully saturated rings. The quantitative estimate of drug-likeness (QED) is 0.635. The molecule has 1 aromatic heterocycles. The van der Waals surface area contributed by atoms with Crippen LogP contribution in [0, 0.1) is 0 Å². The topological polar surface area (TPSA) is 69.0 Å². The van der Waals surface area contributed by atoms with Crippen LogP contribution in [0.2, 0.25) is 0 Å². The van der Waals surface area contributed by atoms with Gasteiger partial charge in [-0.3, -0.25) is 9.59 Å². The molecule has 1 amide bonds. The number of ether oxygens (including phenoxy) is 2. The lowest BCUT2D eigenvalue weighted by atomic mass is 10.0. The van der Waals surface area contributed by atoms with Crippen molar-refractivity contribution in [2.75, 3.05) is 25.2 Å². The Morgan fingerprint density at radius 1 is 1.18 bits per heavy atom. The van der Waals surface area contributed by atoms with Gasteiger partial charge in [0, 0.05) is 29.2 Å². The summed E-state index contributed by atoms with van der Waals surface area (Å²) in [7, 11) is 1.58. The average Bonchev–Trinajstić information content (AvgIpc) is 3.13. The number of aryl methyl sites for hydroxylation is 1. The van der Waals surface area contributed by atoms with E-state index in [1.54, 1.807) is 18.1 Å². The van der Waals surface area contributed by atoms with E-state index >= 15 is 0 Å². The van der Waals surface area contributed by atoms with Crippen LogP contribution in [0.25, 0.3) is 11.0 Å². The van der Waals surface area contributed by atoms with Gasteiger partial charge in [0.05, 0.1) is 19.8 Å². The standard InChI is InChI=1S/C22H21NO5/c1-26-17-8-9-18-16(13-27-20(18)12-17)11-22(25)28-14-21(24)23-10-4-6-15-5-2-3-7-19(15)23/h2-3,5,7-9,12-13H,4,6,10-11,14H2,1H3. The Kier molecular flexibility index (Phi) is 5.02. The molecule has 1 aliphatic rings. The van der Waals surface area contributed by atoms with E-state index in [0.29, 0.717) is 17.9 Å². The highest BCUT2D eigenvalue weighted by atomic mass is 16.5. The van der Waals surface area contributed by atoms with Crippen molar-refractivity contribution in [3.05, 3.63) is 59.9 Å². The number of anilines is 1. The van der Waals surface area contributed by atoms with E-state index in [2.05, 4.69) is 0 Å². The van der Waals surface area contributed by atoms with Gasteiger partial charge in [0.2, 0.25) is 0 Å². The summed E-state index contributed by atoms with van der Waals surface area (Å²) >= 11 is 0. The van der Waals surface area contributed by atoms with E-state index in [-0.39, 0.29) is 18.9 Å². The molecule has 0 saturated heterocycles. The van der Waals surface area contributed by atoms with Gasteiger partial charge in [0.25, 0.3) is 5.91 Å². The van der Waals surface area contributed by atoms with Gasteiger partial charge in [-0.05, 0) is 36.6 Å². The fraction of sp³-hybridized carbons (Fsp3) is 0.273. The molecule has 2 aromatic carbocycles. The van der Waals surface area contributed by atoms with Crippen molar-refractivity contribution in [2.24, 2.45) is 0 Å². The maximum Gasteiger partial charge on any atom is 0.310 e. The number of benzene rings is 2. The molecule has 0 aliphatic carbocycles. The normalized spacial score (nSPS) is 13.2. The number of amides is 1. The van der Waals surface area contributed by atoms with Crippen molar-refractivity contribution >= 4 is 28.5 Å². The van der Waals surface area contributed by atoms with E-state index in [1.165, 1.54) is 6.26 Å². The Hall–Kier alpha value is -3.28. The van der Waals surface area contributed by atoms with Crippen LogP contribution in [-0.4, -0.2) is 32.1 Å². The van der Waals surface area contributed by atoms with Gasteiger partial charge in [-0.25, -0.2) is 0 Å². The fourth-order valence-corrected chi connectivity index (χ4v) is 3.55. The second kappa shape index (κ2) is 7.76. The summed E-state index contributed by atoms with van der Waals surface area (Å²) in [6.45, 7) is 0.373. The zero-order chi connectivity index (χ0) is 19.5. The number of nitrogens with zero attached hydrogens (tertiary/aromatic N) is 1. The molecule has 144 valence electrons. The molecule has 0 N–H and O–H groups in total. The van der Waals surface area contributed by atoms with Crippen LogP contribution >= 0.6 is 0 Å². The third kappa shape index (κ3) is 3.58. The molecular weight excluding hydrogens is 358 g/mol. The molecule has 3 aromatic rings. The number of carbonyl (C=O) groups excluding carboxylic acids is 2. The number of rotatable bonds is 5. The monoisotopic (exact) mass is 379 g/mol. The lowest BCUT2D eigenvalue weighted by Gasteiger charge is -2.29. The number of hydrogen-bond acceptors (Lipinski definition) is 5. The maximum atomic E-state index is 12.6. The molecule has 6 heteroatoms. The number of esters is 1. The Balaban J connectivity index is 1.38. The zero-order valence-electron chi connectivity index (χ0n) is 15.6. The molecular formula is C22H21NO5. The predicted molar refractivity (Wildman–Crippen MR) is 105 cm³/mol. The summed E-state index contributed by atoms with van der Waals surface area (Å²) in [4.78, 5) is 26.5. The molecule has 4 rings (SSSR count). The summed E-state index contributed by atoms with van der Waals surface area (Å²) < 4.78 is 15.9. The predicted octanol–water partition coefficient (Wildman–Crippen LogP) is 3.51. The van der Waals surface area contributed by atoms with Crippen LogP contribution in [0.5, 0.6) is 5.75 Å². The number of para-hydroxylation sites is 1. The largest absolute Gasteiger partial charge is 0.497 e. The third-order valence-electron chi connectivity index (χ3n) is 4.97. The van der Waals surface area contributed by atoms with E-state index in [1.807, 2.05) is 36.4 Å². The second-order valence-electron chi connectivity index (χ2n) is 6.74. The molecule has 0 atom stereocenters. The smallest absolute Gasteiger partial charge is 0.310 e. The van der Waals surface area contributed by atoms with Crippen LogP contribution in [0.1, 0.15) is 17.5 Å². The number of furan rings is 1. The minimum absolute atomic E-state index is 0.0448. The van der Waals surface area contributed by atoms with E-state index in [4.69, 9.17) is 13.9 Å². The number of hydrogen-bond donors (Lipinski definition) is 0. The van der Waals surface area contributed by atoms with Crippen molar-refractivity contribution in [1.82, 2.24) is 0 Å².